The van der Waals surface area contributed by atoms with E-state index in [2.05, 4.69) is 18.8 Å². The van der Waals surface area contributed by atoms with E-state index < -0.39 is 0 Å². The first-order chi connectivity index (χ1) is 5.74. The maximum atomic E-state index is 5.29. The Morgan fingerprint density at radius 1 is 1.42 bits per heavy atom. The molecule has 0 radical (unpaired) electrons. The molecule has 0 saturated carbocycles. The van der Waals surface area contributed by atoms with Crippen LogP contribution in [0.5, 0.6) is 5.88 Å². The van der Waals surface area contributed by atoms with Gasteiger partial charge in [-0.15, -0.1) is 0 Å². The van der Waals surface area contributed by atoms with Crippen LogP contribution in [-0.4, -0.2) is 11.6 Å². The Morgan fingerprint density at radius 3 is 2.75 bits per heavy atom. The van der Waals surface area contributed by atoms with E-state index in [1.807, 2.05) is 25.1 Å². The lowest BCUT2D eigenvalue weighted by Gasteiger charge is -2.06. The van der Waals surface area contributed by atoms with Gasteiger partial charge in [-0.3, -0.25) is 0 Å². The summed E-state index contributed by atoms with van der Waals surface area (Å²) in [5, 5.41) is 0. The molecule has 0 fully saturated rings. The van der Waals surface area contributed by atoms with E-state index in [1.54, 1.807) is 0 Å². The first-order valence-corrected chi connectivity index (χ1v) is 4.33. The summed E-state index contributed by atoms with van der Waals surface area (Å²) < 4.78 is 5.29. The molecule has 0 N–H and O–H groups in total. The zero-order valence-corrected chi connectivity index (χ0v) is 7.87. The molecule has 0 aliphatic carbocycles. The molecular weight excluding hydrogens is 150 g/mol. The molecule has 2 heteroatoms. The summed E-state index contributed by atoms with van der Waals surface area (Å²) in [7, 11) is 0. The van der Waals surface area contributed by atoms with E-state index in [0.717, 1.165) is 11.6 Å². The van der Waals surface area contributed by atoms with Gasteiger partial charge in [-0.2, -0.15) is 0 Å². The maximum absolute atomic E-state index is 5.29. The summed E-state index contributed by atoms with van der Waals surface area (Å²) in [5.41, 5.74) is 1.08. The lowest BCUT2D eigenvalue weighted by molar-refractivity contribution is 0.325. The third-order valence-electron chi connectivity index (χ3n) is 1.63. The van der Waals surface area contributed by atoms with Crippen LogP contribution in [0, 0.1) is 0 Å². The molecule has 1 aromatic rings. The predicted molar refractivity (Wildman–Crippen MR) is 49.5 cm³/mol. The smallest absolute Gasteiger partial charge is 0.213 e. The minimum Gasteiger partial charge on any atom is -0.478 e. The lowest BCUT2D eigenvalue weighted by atomic mass is 10.1. The van der Waals surface area contributed by atoms with Crippen molar-refractivity contribution in [1.29, 1.82) is 0 Å². The highest BCUT2D eigenvalue weighted by molar-refractivity contribution is 5.17. The second-order valence-corrected chi connectivity index (χ2v) is 2.99. The normalized spacial score (nSPS) is 10.3. The molecule has 1 heterocycles. The van der Waals surface area contributed by atoms with Gasteiger partial charge in [-0.1, -0.05) is 19.9 Å². The van der Waals surface area contributed by atoms with Gasteiger partial charge in [0.2, 0.25) is 5.88 Å². The zero-order valence-electron chi connectivity index (χ0n) is 7.87. The van der Waals surface area contributed by atoms with Crippen molar-refractivity contribution < 1.29 is 4.74 Å². The molecule has 1 rings (SSSR count). The standard InChI is InChI=1S/C10H15NO/c1-4-12-10-7-5-6-9(11-10)8(2)3/h5-8H,4H2,1-3H3. The topological polar surface area (TPSA) is 22.1 Å². The highest BCUT2D eigenvalue weighted by Gasteiger charge is 2.01. The Labute approximate surface area is 73.6 Å². The fourth-order valence-electron chi connectivity index (χ4n) is 0.981. The van der Waals surface area contributed by atoms with Gasteiger partial charge in [0.05, 0.1) is 6.61 Å². The molecule has 0 aliphatic rings. The Morgan fingerprint density at radius 2 is 2.17 bits per heavy atom. The molecule has 0 atom stereocenters. The minimum absolute atomic E-state index is 0.463. The van der Waals surface area contributed by atoms with Crippen LogP contribution in [-0.2, 0) is 0 Å². The van der Waals surface area contributed by atoms with Gasteiger partial charge in [-0.25, -0.2) is 4.98 Å². The van der Waals surface area contributed by atoms with Crippen molar-refractivity contribution in [3.63, 3.8) is 0 Å². The molecule has 0 unspecified atom stereocenters. The number of pyridine rings is 1. The van der Waals surface area contributed by atoms with Crippen molar-refractivity contribution in [2.24, 2.45) is 0 Å². The van der Waals surface area contributed by atoms with E-state index in [1.165, 1.54) is 0 Å². The van der Waals surface area contributed by atoms with Gasteiger partial charge in [0.15, 0.2) is 0 Å². The molecule has 66 valence electrons. The van der Waals surface area contributed by atoms with Gasteiger partial charge < -0.3 is 4.74 Å². The van der Waals surface area contributed by atoms with E-state index in [0.29, 0.717) is 12.5 Å². The minimum atomic E-state index is 0.463. The number of hydrogen-bond acceptors (Lipinski definition) is 2. The highest BCUT2D eigenvalue weighted by atomic mass is 16.5. The summed E-state index contributed by atoms with van der Waals surface area (Å²) in [6.07, 6.45) is 0. The molecule has 2 nitrogen and oxygen atoms in total. The largest absolute Gasteiger partial charge is 0.478 e. The summed E-state index contributed by atoms with van der Waals surface area (Å²) in [6, 6.07) is 5.88. The summed E-state index contributed by atoms with van der Waals surface area (Å²) in [4.78, 5) is 4.34. The van der Waals surface area contributed by atoms with Gasteiger partial charge in [-0.05, 0) is 18.9 Å². The van der Waals surface area contributed by atoms with E-state index >= 15 is 0 Å². The van der Waals surface area contributed by atoms with Crippen LogP contribution < -0.4 is 4.74 Å². The maximum Gasteiger partial charge on any atom is 0.213 e. The van der Waals surface area contributed by atoms with E-state index in [9.17, 15) is 0 Å². The third kappa shape index (κ3) is 2.22. The fraction of sp³-hybridized carbons (Fsp3) is 0.500. The number of ether oxygens (including phenoxy) is 1. The van der Waals surface area contributed by atoms with Gasteiger partial charge in [0.1, 0.15) is 0 Å². The second kappa shape index (κ2) is 4.10. The van der Waals surface area contributed by atoms with E-state index in [-0.39, 0.29) is 0 Å². The van der Waals surface area contributed by atoms with Crippen molar-refractivity contribution in [3.05, 3.63) is 23.9 Å². The van der Waals surface area contributed by atoms with Crippen LogP contribution in [0.25, 0.3) is 0 Å². The summed E-state index contributed by atoms with van der Waals surface area (Å²) >= 11 is 0. The average molecular weight is 165 g/mol. The zero-order chi connectivity index (χ0) is 8.97. The number of hydrogen-bond donors (Lipinski definition) is 0. The first-order valence-electron chi connectivity index (χ1n) is 4.33. The Hall–Kier alpha value is -1.05. The monoisotopic (exact) mass is 165 g/mol. The van der Waals surface area contributed by atoms with Crippen LogP contribution in [0.4, 0.5) is 0 Å². The molecule has 0 amide bonds. The quantitative estimate of drug-likeness (QED) is 0.686. The first kappa shape index (κ1) is 9.04. The molecular formula is C10H15NO. The number of nitrogens with zero attached hydrogens (tertiary/aromatic N) is 1. The highest BCUT2D eigenvalue weighted by Crippen LogP contribution is 2.14. The van der Waals surface area contributed by atoms with Gasteiger partial charge >= 0.3 is 0 Å². The summed E-state index contributed by atoms with van der Waals surface area (Å²) in [5.74, 6) is 1.19. The molecule has 12 heavy (non-hydrogen) atoms. The van der Waals surface area contributed by atoms with Crippen molar-refractivity contribution in [1.82, 2.24) is 4.98 Å². The lowest BCUT2D eigenvalue weighted by Crippen LogP contribution is -1.98. The van der Waals surface area contributed by atoms with Crippen LogP contribution >= 0.6 is 0 Å². The molecule has 0 spiro atoms. The number of rotatable bonds is 3. The van der Waals surface area contributed by atoms with Crippen LogP contribution in [0.1, 0.15) is 32.4 Å². The molecule has 0 aromatic carbocycles. The number of aromatic nitrogens is 1. The van der Waals surface area contributed by atoms with Crippen molar-refractivity contribution in [2.45, 2.75) is 26.7 Å². The van der Waals surface area contributed by atoms with Crippen molar-refractivity contribution in [3.8, 4) is 5.88 Å². The van der Waals surface area contributed by atoms with Crippen molar-refractivity contribution in [2.75, 3.05) is 6.61 Å². The molecule has 0 bridgehead atoms. The average Bonchev–Trinajstić information content (AvgIpc) is 2.05. The van der Waals surface area contributed by atoms with Gasteiger partial charge in [0, 0.05) is 11.8 Å². The van der Waals surface area contributed by atoms with Crippen LogP contribution in [0.15, 0.2) is 18.2 Å². The SMILES string of the molecule is CCOc1cccc(C(C)C)n1. The van der Waals surface area contributed by atoms with E-state index in [4.69, 9.17) is 4.74 Å². The third-order valence-corrected chi connectivity index (χ3v) is 1.63. The molecule has 0 aliphatic heterocycles. The molecule has 0 saturated heterocycles. The molecule has 1 aromatic heterocycles. The van der Waals surface area contributed by atoms with Crippen LogP contribution in [0.2, 0.25) is 0 Å². The predicted octanol–water partition coefficient (Wildman–Crippen LogP) is 2.60. The van der Waals surface area contributed by atoms with Crippen LogP contribution in [0.3, 0.4) is 0 Å². The van der Waals surface area contributed by atoms with Gasteiger partial charge in [0.25, 0.3) is 0 Å². The Kier molecular flexibility index (Phi) is 3.09. The van der Waals surface area contributed by atoms with Crippen molar-refractivity contribution >= 4 is 0 Å². The second-order valence-electron chi connectivity index (χ2n) is 2.99. The Balaban J connectivity index is 2.81. The fourth-order valence-corrected chi connectivity index (χ4v) is 0.981. The Bertz CT molecular complexity index is 245. The summed E-state index contributed by atoms with van der Waals surface area (Å²) in [6.45, 7) is 6.88.